The molecule has 0 aliphatic carbocycles. The van der Waals surface area contributed by atoms with E-state index in [1.165, 1.54) is 0 Å². The minimum absolute atomic E-state index is 0.539. The Morgan fingerprint density at radius 1 is 1.30 bits per heavy atom. The van der Waals surface area contributed by atoms with Crippen LogP contribution in [0, 0.1) is 3.57 Å². The normalized spacial score (nSPS) is 25.8. The highest BCUT2D eigenvalue weighted by molar-refractivity contribution is 14.1. The predicted octanol–water partition coefficient (Wildman–Crippen LogP) is 1.92. The standard InChI is InChI=1S/C12H16INO5S/c1-12(2)18-10(8-6-4-5-7-9(8)13)11(19-12)14-20(15,16)17-3/h4-7,10-11,14H,1-3H3/t10-,11-/m0/s1. The highest BCUT2D eigenvalue weighted by Crippen LogP contribution is 2.38. The Morgan fingerprint density at radius 3 is 2.55 bits per heavy atom. The molecule has 20 heavy (non-hydrogen) atoms. The minimum Gasteiger partial charge on any atom is -0.338 e. The molecule has 6 nitrogen and oxygen atoms in total. The van der Waals surface area contributed by atoms with Crippen LogP contribution < -0.4 is 4.72 Å². The molecule has 1 fully saturated rings. The van der Waals surface area contributed by atoms with Crippen molar-refractivity contribution in [3.8, 4) is 0 Å². The van der Waals surface area contributed by atoms with Crippen LogP contribution in [-0.2, 0) is 24.0 Å². The molecule has 0 saturated carbocycles. The van der Waals surface area contributed by atoms with Crippen LogP contribution >= 0.6 is 22.6 Å². The molecule has 1 saturated heterocycles. The molecule has 8 heteroatoms. The summed E-state index contributed by atoms with van der Waals surface area (Å²) in [4.78, 5) is 0. The molecule has 0 aromatic heterocycles. The second kappa shape index (κ2) is 5.85. The number of hydrogen-bond acceptors (Lipinski definition) is 5. The van der Waals surface area contributed by atoms with Gasteiger partial charge < -0.3 is 9.47 Å². The summed E-state index contributed by atoms with van der Waals surface area (Å²) in [5.74, 6) is -0.884. The Kier molecular flexibility index (Phi) is 4.72. The van der Waals surface area contributed by atoms with Crippen molar-refractivity contribution < 1.29 is 22.1 Å². The van der Waals surface area contributed by atoms with Crippen molar-refractivity contribution in [2.45, 2.75) is 32.0 Å². The van der Waals surface area contributed by atoms with Gasteiger partial charge in [-0.25, -0.2) is 0 Å². The van der Waals surface area contributed by atoms with E-state index >= 15 is 0 Å². The SMILES string of the molecule is COS(=O)(=O)N[C@H]1OC(C)(C)O[C@H]1c1ccccc1I. The Hall–Kier alpha value is -0.260. The lowest BCUT2D eigenvalue weighted by molar-refractivity contribution is -0.147. The number of ether oxygens (including phenoxy) is 2. The van der Waals surface area contributed by atoms with Crippen molar-refractivity contribution in [1.82, 2.24) is 4.72 Å². The summed E-state index contributed by atoms with van der Waals surface area (Å²) in [6.45, 7) is 3.47. The van der Waals surface area contributed by atoms with Gasteiger partial charge in [-0.2, -0.15) is 13.1 Å². The van der Waals surface area contributed by atoms with E-state index in [1.54, 1.807) is 13.8 Å². The zero-order valence-corrected chi connectivity index (χ0v) is 14.3. The third-order valence-corrected chi connectivity index (χ3v) is 4.73. The van der Waals surface area contributed by atoms with E-state index in [2.05, 4.69) is 31.5 Å². The molecule has 0 amide bonds. The average Bonchev–Trinajstić information content (AvgIpc) is 2.64. The molecule has 2 rings (SSSR count). The van der Waals surface area contributed by atoms with E-state index in [1.807, 2.05) is 24.3 Å². The third-order valence-electron chi connectivity index (χ3n) is 2.79. The fraction of sp³-hybridized carbons (Fsp3) is 0.500. The molecule has 1 aromatic carbocycles. The summed E-state index contributed by atoms with van der Waals surface area (Å²) >= 11 is 2.17. The van der Waals surface area contributed by atoms with Crippen molar-refractivity contribution in [2.24, 2.45) is 0 Å². The quantitative estimate of drug-likeness (QED) is 0.764. The van der Waals surface area contributed by atoms with Crippen LogP contribution in [0.4, 0.5) is 0 Å². The van der Waals surface area contributed by atoms with Gasteiger partial charge in [-0.15, -0.1) is 0 Å². The Labute approximate surface area is 132 Å². The van der Waals surface area contributed by atoms with Gasteiger partial charge in [0.2, 0.25) is 0 Å². The van der Waals surface area contributed by atoms with Crippen molar-refractivity contribution in [2.75, 3.05) is 7.11 Å². The number of nitrogens with one attached hydrogen (secondary N) is 1. The van der Waals surface area contributed by atoms with Crippen LogP contribution in [0.5, 0.6) is 0 Å². The molecule has 0 spiro atoms. The van der Waals surface area contributed by atoms with E-state index in [0.29, 0.717) is 0 Å². The zero-order valence-electron chi connectivity index (χ0n) is 11.3. The zero-order chi connectivity index (χ0) is 15.0. The molecule has 0 unspecified atom stereocenters. The fourth-order valence-electron chi connectivity index (χ4n) is 1.97. The monoisotopic (exact) mass is 413 g/mol. The molecule has 112 valence electrons. The first-order valence-electron chi connectivity index (χ1n) is 5.92. The van der Waals surface area contributed by atoms with E-state index in [4.69, 9.17) is 9.47 Å². The van der Waals surface area contributed by atoms with E-state index in [0.717, 1.165) is 16.2 Å². The van der Waals surface area contributed by atoms with Crippen LogP contribution in [0.25, 0.3) is 0 Å². The van der Waals surface area contributed by atoms with Crippen LogP contribution in [0.2, 0.25) is 0 Å². The lowest BCUT2D eigenvalue weighted by Crippen LogP contribution is -2.39. The molecule has 1 N–H and O–H groups in total. The van der Waals surface area contributed by atoms with Crippen LogP contribution in [0.1, 0.15) is 25.5 Å². The minimum atomic E-state index is -3.86. The summed E-state index contributed by atoms with van der Waals surface area (Å²) in [6.07, 6.45) is -1.38. The number of halogens is 1. The fourth-order valence-corrected chi connectivity index (χ4v) is 3.22. The van der Waals surface area contributed by atoms with Gasteiger partial charge >= 0.3 is 10.3 Å². The van der Waals surface area contributed by atoms with Gasteiger partial charge in [-0.1, -0.05) is 18.2 Å². The lowest BCUT2D eigenvalue weighted by Gasteiger charge is -2.18. The second-order valence-corrected chi connectivity index (χ2v) is 7.38. The molecular formula is C12H16INO5S. The second-order valence-electron chi connectivity index (χ2n) is 4.74. The van der Waals surface area contributed by atoms with Crippen LogP contribution in [0.15, 0.2) is 24.3 Å². The van der Waals surface area contributed by atoms with Gasteiger partial charge in [-0.3, -0.25) is 4.18 Å². The third kappa shape index (κ3) is 3.68. The molecular weight excluding hydrogens is 397 g/mol. The summed E-state index contributed by atoms with van der Waals surface area (Å²) in [5.41, 5.74) is 0.863. The molecule has 1 aliphatic heterocycles. The number of rotatable bonds is 4. The molecule has 1 aliphatic rings. The van der Waals surface area contributed by atoms with Gasteiger partial charge in [0.05, 0.1) is 7.11 Å². The predicted molar refractivity (Wildman–Crippen MR) is 81.0 cm³/mol. The van der Waals surface area contributed by atoms with Crippen molar-refractivity contribution in [1.29, 1.82) is 0 Å². The first-order valence-corrected chi connectivity index (χ1v) is 8.41. The summed E-state index contributed by atoms with van der Waals surface area (Å²) in [5, 5.41) is 0. The molecule has 1 aromatic rings. The molecule has 0 radical (unpaired) electrons. The Morgan fingerprint density at radius 2 is 1.95 bits per heavy atom. The van der Waals surface area contributed by atoms with Crippen molar-refractivity contribution in [3.05, 3.63) is 33.4 Å². The maximum atomic E-state index is 11.6. The van der Waals surface area contributed by atoms with Gasteiger partial charge in [0.15, 0.2) is 12.0 Å². The van der Waals surface area contributed by atoms with Gasteiger partial charge in [0.1, 0.15) is 6.10 Å². The maximum Gasteiger partial charge on any atom is 0.337 e. The topological polar surface area (TPSA) is 73.9 Å². The van der Waals surface area contributed by atoms with Crippen molar-refractivity contribution in [3.63, 3.8) is 0 Å². The number of benzene rings is 1. The van der Waals surface area contributed by atoms with Gasteiger partial charge in [-0.05, 0) is 48.1 Å². The first kappa shape index (κ1) is 16.1. The van der Waals surface area contributed by atoms with Gasteiger partial charge in [0, 0.05) is 3.57 Å². The van der Waals surface area contributed by atoms with Gasteiger partial charge in [0.25, 0.3) is 0 Å². The maximum absolute atomic E-state index is 11.6. The highest BCUT2D eigenvalue weighted by Gasteiger charge is 2.44. The van der Waals surface area contributed by atoms with Crippen LogP contribution in [-0.4, -0.2) is 27.5 Å². The van der Waals surface area contributed by atoms with Crippen LogP contribution in [0.3, 0.4) is 0 Å². The highest BCUT2D eigenvalue weighted by atomic mass is 127. The summed E-state index contributed by atoms with van der Waals surface area (Å²) in [7, 11) is -2.78. The van der Waals surface area contributed by atoms with E-state index < -0.39 is 28.4 Å². The average molecular weight is 413 g/mol. The van der Waals surface area contributed by atoms with E-state index in [9.17, 15) is 8.42 Å². The molecule has 0 bridgehead atoms. The van der Waals surface area contributed by atoms with E-state index in [-0.39, 0.29) is 0 Å². The Balaban J connectivity index is 2.32. The summed E-state index contributed by atoms with van der Waals surface area (Å²) < 4.78 is 42.2. The van der Waals surface area contributed by atoms with Crippen molar-refractivity contribution >= 4 is 32.9 Å². The number of hydrogen-bond donors (Lipinski definition) is 1. The first-order chi connectivity index (χ1) is 9.24. The Bertz CT molecular complexity index is 589. The molecule has 2 atom stereocenters. The summed E-state index contributed by atoms with van der Waals surface area (Å²) in [6, 6.07) is 7.58. The molecule has 1 heterocycles. The largest absolute Gasteiger partial charge is 0.338 e. The lowest BCUT2D eigenvalue weighted by atomic mass is 10.1. The smallest absolute Gasteiger partial charge is 0.337 e.